The number of guanidine groups is 1. The van der Waals surface area contributed by atoms with Gasteiger partial charge in [0.25, 0.3) is 0 Å². The molecule has 1 saturated carbocycles. The van der Waals surface area contributed by atoms with Gasteiger partial charge in [-0.1, -0.05) is 13.8 Å². The van der Waals surface area contributed by atoms with E-state index in [4.69, 9.17) is 5.73 Å². The summed E-state index contributed by atoms with van der Waals surface area (Å²) in [6, 6.07) is 0.660. The van der Waals surface area contributed by atoms with Gasteiger partial charge in [-0.15, -0.1) is 24.0 Å². The normalized spacial score (nSPS) is 24.6. The molecule has 1 unspecified atom stereocenters. The van der Waals surface area contributed by atoms with E-state index in [1.54, 1.807) is 0 Å². The van der Waals surface area contributed by atoms with E-state index < -0.39 is 0 Å². The van der Waals surface area contributed by atoms with Crippen LogP contribution in [0.15, 0.2) is 4.99 Å². The van der Waals surface area contributed by atoms with Gasteiger partial charge in [0.1, 0.15) is 0 Å². The Kier molecular flexibility index (Phi) is 7.58. The summed E-state index contributed by atoms with van der Waals surface area (Å²) in [7, 11) is 2.07. The van der Waals surface area contributed by atoms with Gasteiger partial charge in [0.05, 0.1) is 0 Å². The Morgan fingerprint density at radius 1 is 1.35 bits per heavy atom. The van der Waals surface area contributed by atoms with Crippen molar-refractivity contribution in [2.24, 2.45) is 22.6 Å². The van der Waals surface area contributed by atoms with Gasteiger partial charge in [0.2, 0.25) is 0 Å². The van der Waals surface area contributed by atoms with E-state index in [1.165, 1.54) is 45.3 Å². The number of hydrogen-bond acceptors (Lipinski definition) is 2. The molecule has 1 atom stereocenters. The average Bonchev–Trinajstić information content (AvgIpc) is 3.19. The number of nitrogens with two attached hydrogens (primary N) is 1. The maximum Gasteiger partial charge on any atom is 0.191 e. The largest absolute Gasteiger partial charge is 0.370 e. The second kappa shape index (κ2) is 8.41. The van der Waals surface area contributed by atoms with Crippen LogP contribution in [0, 0.1) is 11.8 Å². The summed E-state index contributed by atoms with van der Waals surface area (Å²) in [5.74, 6) is 2.19. The Bertz CT molecular complexity index is 315. The Hall–Kier alpha value is -0.0400. The Morgan fingerprint density at radius 2 is 2.05 bits per heavy atom. The molecule has 0 bridgehead atoms. The highest BCUT2D eigenvalue weighted by atomic mass is 127. The molecule has 118 valence electrons. The summed E-state index contributed by atoms with van der Waals surface area (Å²) in [6.45, 7) is 9.17. The van der Waals surface area contributed by atoms with E-state index in [-0.39, 0.29) is 24.0 Å². The summed E-state index contributed by atoms with van der Waals surface area (Å²) in [5, 5.41) is 0. The number of likely N-dealkylation sites (tertiary alicyclic amines) is 1. The molecule has 2 fully saturated rings. The minimum absolute atomic E-state index is 0. The molecule has 1 heterocycles. The van der Waals surface area contributed by atoms with Gasteiger partial charge in [-0.25, -0.2) is 0 Å². The molecule has 0 aromatic carbocycles. The minimum Gasteiger partial charge on any atom is -0.370 e. The average molecular weight is 394 g/mol. The van der Waals surface area contributed by atoms with Gasteiger partial charge in [-0.2, -0.15) is 0 Å². The second-order valence-corrected chi connectivity index (χ2v) is 6.70. The van der Waals surface area contributed by atoms with Crippen molar-refractivity contribution in [3.05, 3.63) is 0 Å². The number of nitrogens with zero attached hydrogens (tertiary/aromatic N) is 3. The third-order valence-electron chi connectivity index (χ3n) is 4.19. The van der Waals surface area contributed by atoms with E-state index in [0.717, 1.165) is 18.4 Å². The Labute approximate surface area is 141 Å². The lowest BCUT2D eigenvalue weighted by Crippen LogP contribution is -2.40. The molecule has 2 N–H and O–H groups in total. The van der Waals surface area contributed by atoms with Crippen LogP contribution in [0.25, 0.3) is 0 Å². The smallest absolute Gasteiger partial charge is 0.191 e. The molecule has 5 heteroatoms. The molecule has 0 spiro atoms. The van der Waals surface area contributed by atoms with Crippen molar-refractivity contribution in [3.63, 3.8) is 0 Å². The van der Waals surface area contributed by atoms with Gasteiger partial charge in [-0.3, -0.25) is 4.99 Å². The van der Waals surface area contributed by atoms with Crippen molar-refractivity contribution in [3.8, 4) is 0 Å². The van der Waals surface area contributed by atoms with E-state index in [1.807, 2.05) is 0 Å². The fourth-order valence-corrected chi connectivity index (χ4v) is 2.97. The molecular weight excluding hydrogens is 363 g/mol. The number of hydrogen-bond donors (Lipinski definition) is 1. The molecule has 2 rings (SSSR count). The number of aliphatic imine (C=N–C) groups is 1. The monoisotopic (exact) mass is 394 g/mol. The zero-order chi connectivity index (χ0) is 13.8. The molecule has 20 heavy (non-hydrogen) atoms. The third kappa shape index (κ3) is 5.76. The molecular formula is C15H31IN4. The van der Waals surface area contributed by atoms with E-state index in [2.05, 4.69) is 35.7 Å². The molecule has 1 saturated heterocycles. The van der Waals surface area contributed by atoms with Crippen molar-refractivity contribution < 1.29 is 0 Å². The highest BCUT2D eigenvalue weighted by molar-refractivity contribution is 14.0. The summed E-state index contributed by atoms with van der Waals surface area (Å²) in [5.41, 5.74) is 6.05. The minimum atomic E-state index is 0. The Balaban J connectivity index is 0.00000200. The van der Waals surface area contributed by atoms with Crippen LogP contribution in [0.1, 0.15) is 39.5 Å². The lowest BCUT2D eigenvalue weighted by atomic mass is 9.97. The summed E-state index contributed by atoms with van der Waals surface area (Å²) in [4.78, 5) is 9.36. The van der Waals surface area contributed by atoms with E-state index in [0.29, 0.717) is 12.0 Å². The molecule has 1 aliphatic heterocycles. The first-order valence-corrected chi connectivity index (χ1v) is 7.81. The molecule has 0 aromatic rings. The van der Waals surface area contributed by atoms with Crippen molar-refractivity contribution in [2.45, 2.75) is 45.6 Å². The standard InChI is InChI=1S/C15H30N4.HI/c1-12(2)10-19-8-4-5-13(11-19)9-17-15(16)18(3)14-6-7-14;/h12-14H,4-11H2,1-3H3,(H2,16,17);1H. The number of piperidine rings is 1. The first kappa shape index (κ1) is 18.0. The molecule has 4 nitrogen and oxygen atoms in total. The zero-order valence-electron chi connectivity index (χ0n) is 13.2. The molecule has 0 aromatic heterocycles. The lowest BCUT2D eigenvalue weighted by molar-refractivity contribution is 0.162. The van der Waals surface area contributed by atoms with E-state index in [9.17, 15) is 0 Å². The SMILES string of the molecule is CC(C)CN1CCCC(CN=C(N)N(C)C2CC2)C1.I. The highest BCUT2D eigenvalue weighted by Crippen LogP contribution is 2.25. The summed E-state index contributed by atoms with van der Waals surface area (Å²) in [6.07, 6.45) is 5.17. The van der Waals surface area contributed by atoms with Crippen LogP contribution in [0.4, 0.5) is 0 Å². The van der Waals surface area contributed by atoms with Gasteiger partial charge < -0.3 is 15.5 Å². The highest BCUT2D eigenvalue weighted by Gasteiger charge is 2.27. The molecule has 1 aliphatic carbocycles. The topological polar surface area (TPSA) is 44.9 Å². The van der Waals surface area contributed by atoms with Crippen LogP contribution in [0.5, 0.6) is 0 Å². The van der Waals surface area contributed by atoms with Crippen molar-refractivity contribution in [2.75, 3.05) is 33.2 Å². The summed E-state index contributed by atoms with van der Waals surface area (Å²) < 4.78 is 0. The van der Waals surface area contributed by atoms with Crippen molar-refractivity contribution in [1.82, 2.24) is 9.80 Å². The predicted octanol–water partition coefficient (Wildman–Crippen LogP) is 2.38. The first-order valence-electron chi connectivity index (χ1n) is 7.81. The maximum absolute atomic E-state index is 6.05. The molecule has 0 amide bonds. The Morgan fingerprint density at radius 3 is 2.65 bits per heavy atom. The third-order valence-corrected chi connectivity index (χ3v) is 4.19. The lowest BCUT2D eigenvalue weighted by Gasteiger charge is -2.33. The quantitative estimate of drug-likeness (QED) is 0.443. The van der Waals surface area contributed by atoms with Gasteiger partial charge in [0, 0.05) is 32.7 Å². The van der Waals surface area contributed by atoms with E-state index >= 15 is 0 Å². The maximum atomic E-state index is 6.05. The number of halogens is 1. The molecule has 2 aliphatic rings. The predicted molar refractivity (Wildman–Crippen MR) is 96.7 cm³/mol. The van der Waals surface area contributed by atoms with Crippen molar-refractivity contribution >= 4 is 29.9 Å². The van der Waals surface area contributed by atoms with Gasteiger partial charge in [-0.05, 0) is 44.1 Å². The van der Waals surface area contributed by atoms with Crippen LogP contribution in [0.3, 0.4) is 0 Å². The summed E-state index contributed by atoms with van der Waals surface area (Å²) >= 11 is 0. The first-order chi connectivity index (χ1) is 9.06. The van der Waals surface area contributed by atoms with Gasteiger partial charge in [0.15, 0.2) is 5.96 Å². The number of rotatable bonds is 5. The van der Waals surface area contributed by atoms with Crippen LogP contribution in [-0.4, -0.2) is 55.0 Å². The zero-order valence-corrected chi connectivity index (χ0v) is 15.5. The van der Waals surface area contributed by atoms with Gasteiger partial charge >= 0.3 is 0 Å². The van der Waals surface area contributed by atoms with Crippen LogP contribution >= 0.6 is 24.0 Å². The van der Waals surface area contributed by atoms with Crippen LogP contribution < -0.4 is 5.73 Å². The van der Waals surface area contributed by atoms with Crippen LogP contribution in [0.2, 0.25) is 0 Å². The second-order valence-electron chi connectivity index (χ2n) is 6.70. The van der Waals surface area contributed by atoms with Crippen molar-refractivity contribution in [1.29, 1.82) is 0 Å². The molecule has 0 radical (unpaired) electrons. The fourth-order valence-electron chi connectivity index (χ4n) is 2.97. The van der Waals surface area contributed by atoms with Crippen LogP contribution in [-0.2, 0) is 0 Å². The fraction of sp³-hybridized carbons (Fsp3) is 0.933.